The van der Waals surface area contributed by atoms with E-state index in [1.807, 2.05) is 0 Å². The molecule has 1 aliphatic rings. The average Bonchev–Trinajstić information content (AvgIpc) is 2.86. The van der Waals surface area contributed by atoms with Crippen LogP contribution >= 0.6 is 0 Å². The van der Waals surface area contributed by atoms with Crippen LogP contribution in [0.25, 0.3) is 0 Å². The van der Waals surface area contributed by atoms with Gasteiger partial charge >= 0.3 is 0 Å². The summed E-state index contributed by atoms with van der Waals surface area (Å²) in [6, 6.07) is 0. The molecule has 0 spiro atoms. The van der Waals surface area contributed by atoms with Crippen molar-refractivity contribution in [1.82, 2.24) is 19.7 Å². The molecular formula is C9H14N4O3. The van der Waals surface area contributed by atoms with Crippen LogP contribution in [-0.2, 0) is 11.3 Å². The second kappa shape index (κ2) is 4.58. The first kappa shape index (κ1) is 11.0. The summed E-state index contributed by atoms with van der Waals surface area (Å²) in [5.74, 6) is -0.0916. The van der Waals surface area contributed by atoms with E-state index in [2.05, 4.69) is 10.1 Å². The molecule has 2 atom stereocenters. The topological polar surface area (TPSA) is 91.5 Å². The summed E-state index contributed by atoms with van der Waals surface area (Å²) >= 11 is 0. The van der Waals surface area contributed by atoms with Gasteiger partial charge in [-0.2, -0.15) is 5.10 Å². The molecule has 1 saturated heterocycles. The van der Waals surface area contributed by atoms with E-state index in [-0.39, 0.29) is 19.0 Å². The van der Waals surface area contributed by atoms with Gasteiger partial charge < -0.3 is 15.1 Å². The van der Waals surface area contributed by atoms with Gasteiger partial charge in [0, 0.05) is 19.5 Å². The molecule has 16 heavy (non-hydrogen) atoms. The Kier molecular flexibility index (Phi) is 3.16. The molecule has 1 aromatic heterocycles. The lowest BCUT2D eigenvalue weighted by Gasteiger charge is -2.14. The highest BCUT2D eigenvalue weighted by Crippen LogP contribution is 2.11. The number of β-amino-alcohol motifs (C(OH)–C–C–N with tert-alkyl or cyclic N) is 2. The summed E-state index contributed by atoms with van der Waals surface area (Å²) in [5.41, 5.74) is 0. The Labute approximate surface area is 92.3 Å². The predicted octanol–water partition coefficient (Wildman–Crippen LogP) is -1.77. The zero-order valence-electron chi connectivity index (χ0n) is 8.73. The SMILES string of the molecule is O=C(CCn1cncn1)N1CC(O)C(O)C1. The number of carbonyl (C=O) groups excluding carboxylic acids is 1. The van der Waals surface area contributed by atoms with Crippen molar-refractivity contribution >= 4 is 5.91 Å². The number of likely N-dealkylation sites (tertiary alicyclic amines) is 1. The molecule has 0 bridgehead atoms. The Morgan fingerprint density at radius 1 is 1.38 bits per heavy atom. The van der Waals surface area contributed by atoms with Gasteiger partial charge in [0.15, 0.2) is 0 Å². The summed E-state index contributed by atoms with van der Waals surface area (Å²) in [6.07, 6.45) is 1.60. The van der Waals surface area contributed by atoms with Gasteiger partial charge in [0.2, 0.25) is 5.91 Å². The third-order valence-corrected chi connectivity index (χ3v) is 2.63. The molecular weight excluding hydrogens is 212 g/mol. The van der Waals surface area contributed by atoms with Crippen molar-refractivity contribution < 1.29 is 15.0 Å². The monoisotopic (exact) mass is 226 g/mol. The molecule has 0 radical (unpaired) electrons. The highest BCUT2D eigenvalue weighted by Gasteiger charge is 2.32. The van der Waals surface area contributed by atoms with Gasteiger partial charge in [-0.15, -0.1) is 0 Å². The number of hydrogen-bond acceptors (Lipinski definition) is 5. The first-order valence-corrected chi connectivity index (χ1v) is 5.13. The first-order chi connectivity index (χ1) is 7.66. The summed E-state index contributed by atoms with van der Waals surface area (Å²) < 4.78 is 1.57. The third-order valence-electron chi connectivity index (χ3n) is 2.63. The van der Waals surface area contributed by atoms with Crippen LogP contribution in [-0.4, -0.2) is 61.1 Å². The van der Waals surface area contributed by atoms with Crippen LogP contribution in [0.1, 0.15) is 6.42 Å². The smallest absolute Gasteiger partial charge is 0.224 e. The molecule has 1 aliphatic heterocycles. The molecule has 2 rings (SSSR count). The molecule has 2 heterocycles. The zero-order chi connectivity index (χ0) is 11.5. The van der Waals surface area contributed by atoms with E-state index in [9.17, 15) is 15.0 Å². The number of aryl methyl sites for hydroxylation is 1. The van der Waals surface area contributed by atoms with Crippen molar-refractivity contribution in [3.63, 3.8) is 0 Å². The Balaban J connectivity index is 1.80. The molecule has 1 aromatic rings. The Morgan fingerprint density at radius 3 is 2.62 bits per heavy atom. The highest BCUT2D eigenvalue weighted by atomic mass is 16.3. The third kappa shape index (κ3) is 2.37. The maximum atomic E-state index is 11.7. The second-order valence-electron chi connectivity index (χ2n) is 3.84. The number of hydrogen-bond donors (Lipinski definition) is 2. The molecule has 7 heteroatoms. The average molecular weight is 226 g/mol. The van der Waals surface area contributed by atoms with E-state index in [4.69, 9.17) is 0 Å². The van der Waals surface area contributed by atoms with Crippen LogP contribution in [0.5, 0.6) is 0 Å². The van der Waals surface area contributed by atoms with Crippen LogP contribution in [0.15, 0.2) is 12.7 Å². The van der Waals surface area contributed by atoms with E-state index in [0.717, 1.165) is 0 Å². The van der Waals surface area contributed by atoms with Crippen LogP contribution in [0, 0.1) is 0 Å². The van der Waals surface area contributed by atoms with Gasteiger partial charge in [-0.1, -0.05) is 0 Å². The lowest BCUT2D eigenvalue weighted by Crippen LogP contribution is -2.30. The van der Waals surface area contributed by atoms with E-state index >= 15 is 0 Å². The lowest BCUT2D eigenvalue weighted by molar-refractivity contribution is -0.131. The minimum atomic E-state index is -0.824. The van der Waals surface area contributed by atoms with Crippen molar-refractivity contribution in [2.75, 3.05) is 13.1 Å². The molecule has 1 amide bonds. The van der Waals surface area contributed by atoms with Crippen molar-refractivity contribution in [3.05, 3.63) is 12.7 Å². The van der Waals surface area contributed by atoms with Crippen molar-refractivity contribution in [1.29, 1.82) is 0 Å². The Morgan fingerprint density at radius 2 is 2.06 bits per heavy atom. The van der Waals surface area contributed by atoms with Crippen LogP contribution in [0.3, 0.4) is 0 Å². The number of rotatable bonds is 3. The zero-order valence-corrected chi connectivity index (χ0v) is 8.73. The molecule has 7 nitrogen and oxygen atoms in total. The number of nitrogens with zero attached hydrogens (tertiary/aromatic N) is 4. The van der Waals surface area contributed by atoms with Gasteiger partial charge in [0.1, 0.15) is 12.7 Å². The fourth-order valence-corrected chi connectivity index (χ4v) is 1.69. The maximum Gasteiger partial charge on any atom is 0.224 e. The summed E-state index contributed by atoms with van der Waals surface area (Å²) in [4.78, 5) is 16.9. The number of aliphatic hydroxyl groups excluding tert-OH is 2. The summed E-state index contributed by atoms with van der Waals surface area (Å²) in [7, 11) is 0. The molecule has 2 N–H and O–H groups in total. The van der Waals surface area contributed by atoms with Crippen molar-refractivity contribution in [2.45, 2.75) is 25.2 Å². The lowest BCUT2D eigenvalue weighted by atomic mass is 10.3. The first-order valence-electron chi connectivity index (χ1n) is 5.13. The van der Waals surface area contributed by atoms with Crippen LogP contribution < -0.4 is 0 Å². The molecule has 1 fully saturated rings. The quantitative estimate of drug-likeness (QED) is 0.636. The van der Waals surface area contributed by atoms with Gasteiger partial charge in [0.05, 0.1) is 18.8 Å². The molecule has 2 unspecified atom stereocenters. The van der Waals surface area contributed by atoms with Gasteiger partial charge in [-0.05, 0) is 0 Å². The number of aliphatic hydroxyl groups is 2. The molecule has 88 valence electrons. The minimum Gasteiger partial charge on any atom is -0.388 e. The van der Waals surface area contributed by atoms with E-state index in [1.165, 1.54) is 11.2 Å². The van der Waals surface area contributed by atoms with E-state index < -0.39 is 12.2 Å². The van der Waals surface area contributed by atoms with E-state index in [1.54, 1.807) is 11.0 Å². The summed E-state index contributed by atoms with van der Waals surface area (Å²) in [6.45, 7) is 0.871. The molecule has 0 saturated carbocycles. The van der Waals surface area contributed by atoms with Gasteiger partial charge in [-0.25, -0.2) is 4.98 Å². The van der Waals surface area contributed by atoms with Crippen LogP contribution in [0.4, 0.5) is 0 Å². The predicted molar refractivity (Wildman–Crippen MR) is 53.2 cm³/mol. The van der Waals surface area contributed by atoms with Gasteiger partial charge in [-0.3, -0.25) is 9.48 Å². The highest BCUT2D eigenvalue weighted by molar-refractivity contribution is 5.76. The fraction of sp³-hybridized carbons (Fsp3) is 0.667. The van der Waals surface area contributed by atoms with Gasteiger partial charge in [0.25, 0.3) is 0 Å². The second-order valence-corrected chi connectivity index (χ2v) is 3.84. The number of aromatic nitrogens is 3. The van der Waals surface area contributed by atoms with E-state index in [0.29, 0.717) is 13.0 Å². The maximum absolute atomic E-state index is 11.7. The Hall–Kier alpha value is -1.47. The standard InChI is InChI=1S/C9H14N4O3/c14-7-3-12(4-8(7)15)9(16)1-2-13-6-10-5-11-13/h5-8,14-15H,1-4H2. The van der Waals surface area contributed by atoms with Crippen molar-refractivity contribution in [3.8, 4) is 0 Å². The minimum absolute atomic E-state index is 0.0916. The molecule has 0 aliphatic carbocycles. The Bertz CT molecular complexity index is 344. The largest absolute Gasteiger partial charge is 0.388 e. The normalized spacial score (nSPS) is 25.0. The van der Waals surface area contributed by atoms with Crippen molar-refractivity contribution in [2.24, 2.45) is 0 Å². The molecule has 0 aromatic carbocycles. The van der Waals surface area contributed by atoms with Crippen LogP contribution in [0.2, 0.25) is 0 Å². The number of carbonyl (C=O) groups is 1. The summed E-state index contributed by atoms with van der Waals surface area (Å²) in [5, 5.41) is 22.5. The fourth-order valence-electron chi connectivity index (χ4n) is 1.69. The number of amides is 1.